The van der Waals surface area contributed by atoms with Gasteiger partial charge in [-0.15, -0.1) is 11.6 Å². The molecule has 2 aromatic rings. The lowest BCUT2D eigenvalue weighted by molar-refractivity contribution is 0.914. The summed E-state index contributed by atoms with van der Waals surface area (Å²) in [4.78, 5) is 18.5. The van der Waals surface area contributed by atoms with Crippen LogP contribution in [0.2, 0.25) is 5.02 Å². The fourth-order valence-electron chi connectivity index (χ4n) is 1.32. The average molecular weight is 243 g/mol. The SMILES string of the molecule is C[C@@H](Cl)c1nc2cc(Cl)ccc2c(=O)[nH]1. The van der Waals surface area contributed by atoms with Crippen LogP contribution in [0.4, 0.5) is 0 Å². The van der Waals surface area contributed by atoms with Crippen molar-refractivity contribution in [1.29, 1.82) is 0 Å². The summed E-state index contributed by atoms with van der Waals surface area (Å²) in [6.45, 7) is 1.75. The van der Waals surface area contributed by atoms with Crippen LogP contribution in [-0.2, 0) is 0 Å². The first kappa shape index (κ1) is 10.5. The number of aromatic nitrogens is 2. The maximum absolute atomic E-state index is 11.6. The summed E-state index contributed by atoms with van der Waals surface area (Å²) in [6, 6.07) is 4.95. The molecule has 3 nitrogen and oxygen atoms in total. The molecule has 0 bridgehead atoms. The van der Waals surface area contributed by atoms with Crippen LogP contribution in [0, 0.1) is 0 Å². The summed E-state index contributed by atoms with van der Waals surface area (Å²) in [5.41, 5.74) is 0.368. The molecule has 0 aliphatic carbocycles. The van der Waals surface area contributed by atoms with E-state index < -0.39 is 0 Å². The third-order valence-electron chi connectivity index (χ3n) is 2.06. The Morgan fingerprint density at radius 3 is 2.87 bits per heavy atom. The van der Waals surface area contributed by atoms with Gasteiger partial charge in [0.2, 0.25) is 0 Å². The zero-order chi connectivity index (χ0) is 11.0. The highest BCUT2D eigenvalue weighted by Gasteiger charge is 2.08. The van der Waals surface area contributed by atoms with Gasteiger partial charge in [0.25, 0.3) is 5.56 Å². The van der Waals surface area contributed by atoms with Crippen LogP contribution < -0.4 is 5.56 Å². The molecule has 0 saturated heterocycles. The van der Waals surface area contributed by atoms with Crippen LogP contribution in [0.25, 0.3) is 10.9 Å². The molecular formula is C10H8Cl2N2O. The third kappa shape index (κ3) is 1.98. The molecule has 5 heteroatoms. The van der Waals surface area contributed by atoms with Crippen molar-refractivity contribution < 1.29 is 0 Å². The number of nitrogens with one attached hydrogen (secondary N) is 1. The number of nitrogens with zero attached hydrogens (tertiary/aromatic N) is 1. The minimum absolute atomic E-state index is 0.195. The smallest absolute Gasteiger partial charge is 0.258 e. The lowest BCUT2D eigenvalue weighted by atomic mass is 10.2. The molecule has 0 saturated carbocycles. The number of hydrogen-bond acceptors (Lipinski definition) is 2. The third-order valence-corrected chi connectivity index (χ3v) is 2.51. The fourth-order valence-corrected chi connectivity index (χ4v) is 1.59. The van der Waals surface area contributed by atoms with Crippen molar-refractivity contribution in [3.05, 3.63) is 39.4 Å². The van der Waals surface area contributed by atoms with E-state index in [0.29, 0.717) is 21.7 Å². The van der Waals surface area contributed by atoms with E-state index in [1.807, 2.05) is 0 Å². The molecule has 0 fully saturated rings. The van der Waals surface area contributed by atoms with Crippen molar-refractivity contribution in [2.45, 2.75) is 12.3 Å². The van der Waals surface area contributed by atoms with Gasteiger partial charge in [-0.2, -0.15) is 0 Å². The van der Waals surface area contributed by atoms with Crippen molar-refractivity contribution in [1.82, 2.24) is 9.97 Å². The Labute approximate surface area is 96.1 Å². The van der Waals surface area contributed by atoms with Gasteiger partial charge in [0.05, 0.1) is 16.3 Å². The van der Waals surface area contributed by atoms with E-state index in [9.17, 15) is 4.79 Å². The zero-order valence-corrected chi connectivity index (χ0v) is 9.43. The van der Waals surface area contributed by atoms with Gasteiger partial charge >= 0.3 is 0 Å². The van der Waals surface area contributed by atoms with E-state index in [2.05, 4.69) is 9.97 Å². The van der Waals surface area contributed by atoms with E-state index in [1.54, 1.807) is 25.1 Å². The maximum atomic E-state index is 11.6. The van der Waals surface area contributed by atoms with Gasteiger partial charge < -0.3 is 4.98 Å². The van der Waals surface area contributed by atoms with Gasteiger partial charge in [-0.05, 0) is 25.1 Å². The molecule has 2 rings (SSSR count). The van der Waals surface area contributed by atoms with Gasteiger partial charge in [-0.3, -0.25) is 4.79 Å². The van der Waals surface area contributed by atoms with Crippen LogP contribution in [0.5, 0.6) is 0 Å². The van der Waals surface area contributed by atoms with E-state index in [1.165, 1.54) is 0 Å². The van der Waals surface area contributed by atoms with Gasteiger partial charge in [-0.1, -0.05) is 11.6 Å². The van der Waals surface area contributed by atoms with Crippen LogP contribution in [-0.4, -0.2) is 9.97 Å². The molecule has 0 aliphatic heterocycles. The molecule has 0 aliphatic rings. The molecule has 15 heavy (non-hydrogen) atoms. The van der Waals surface area contributed by atoms with Crippen LogP contribution >= 0.6 is 23.2 Å². The first-order chi connectivity index (χ1) is 7.08. The van der Waals surface area contributed by atoms with Crippen molar-refractivity contribution in [3.63, 3.8) is 0 Å². The van der Waals surface area contributed by atoms with Crippen LogP contribution in [0.1, 0.15) is 18.1 Å². The van der Waals surface area contributed by atoms with Crippen molar-refractivity contribution in [2.24, 2.45) is 0 Å². The van der Waals surface area contributed by atoms with Crippen LogP contribution in [0.15, 0.2) is 23.0 Å². The molecule has 1 aromatic carbocycles. The Hall–Kier alpha value is -1.06. The Morgan fingerprint density at radius 1 is 1.47 bits per heavy atom. The summed E-state index contributed by atoms with van der Waals surface area (Å²) < 4.78 is 0. The predicted octanol–water partition coefficient (Wildman–Crippen LogP) is 2.88. The molecule has 0 radical (unpaired) electrons. The van der Waals surface area contributed by atoms with Crippen molar-refractivity contribution in [2.75, 3.05) is 0 Å². The Morgan fingerprint density at radius 2 is 2.20 bits per heavy atom. The number of rotatable bonds is 1. The molecular weight excluding hydrogens is 235 g/mol. The minimum atomic E-state index is -0.332. The Bertz CT molecular complexity index is 563. The normalized spacial score (nSPS) is 13.0. The van der Waals surface area contributed by atoms with Crippen molar-refractivity contribution >= 4 is 34.1 Å². The fraction of sp³-hybridized carbons (Fsp3) is 0.200. The second-order valence-corrected chi connectivity index (χ2v) is 4.32. The Kier molecular flexibility index (Phi) is 2.67. The molecule has 0 unspecified atom stereocenters. The summed E-state index contributed by atoms with van der Waals surface area (Å²) in [5, 5.41) is 0.732. The summed E-state index contributed by atoms with van der Waals surface area (Å²) in [5.74, 6) is 0.455. The predicted molar refractivity (Wildman–Crippen MR) is 61.6 cm³/mol. The highest BCUT2D eigenvalue weighted by atomic mass is 35.5. The van der Waals surface area contributed by atoms with Gasteiger partial charge in [0.1, 0.15) is 5.82 Å². The van der Waals surface area contributed by atoms with E-state index in [0.717, 1.165) is 0 Å². The molecule has 1 heterocycles. The number of fused-ring (bicyclic) bond motifs is 1. The summed E-state index contributed by atoms with van der Waals surface area (Å²) >= 11 is 11.7. The van der Waals surface area contributed by atoms with E-state index >= 15 is 0 Å². The van der Waals surface area contributed by atoms with Crippen molar-refractivity contribution in [3.8, 4) is 0 Å². The number of halogens is 2. The number of hydrogen-bond donors (Lipinski definition) is 1. The summed E-state index contributed by atoms with van der Waals surface area (Å²) in [7, 11) is 0. The van der Waals surface area contributed by atoms with Gasteiger partial charge in [0, 0.05) is 5.02 Å². The molecule has 1 aromatic heterocycles. The lowest BCUT2D eigenvalue weighted by Gasteiger charge is -2.04. The Balaban J connectivity index is 2.80. The van der Waals surface area contributed by atoms with E-state index in [-0.39, 0.29) is 10.9 Å². The standard InChI is InChI=1S/C10H8Cl2N2O/c1-5(11)9-13-8-4-6(12)2-3-7(8)10(15)14-9/h2-5H,1H3,(H,13,14,15)/t5-/m1/s1. The zero-order valence-electron chi connectivity index (χ0n) is 7.92. The highest BCUT2D eigenvalue weighted by molar-refractivity contribution is 6.31. The molecule has 1 N–H and O–H groups in total. The number of benzene rings is 1. The largest absolute Gasteiger partial charge is 0.309 e. The second-order valence-electron chi connectivity index (χ2n) is 3.23. The first-order valence-electron chi connectivity index (χ1n) is 4.41. The lowest BCUT2D eigenvalue weighted by Crippen LogP contribution is -2.12. The monoisotopic (exact) mass is 242 g/mol. The quantitative estimate of drug-likeness (QED) is 0.782. The molecule has 1 atom stereocenters. The highest BCUT2D eigenvalue weighted by Crippen LogP contribution is 2.18. The molecule has 0 amide bonds. The van der Waals surface area contributed by atoms with E-state index in [4.69, 9.17) is 23.2 Å². The first-order valence-corrected chi connectivity index (χ1v) is 5.23. The minimum Gasteiger partial charge on any atom is -0.309 e. The summed E-state index contributed by atoms with van der Waals surface area (Å²) in [6.07, 6.45) is 0. The number of alkyl halides is 1. The maximum Gasteiger partial charge on any atom is 0.258 e. The van der Waals surface area contributed by atoms with Gasteiger partial charge in [-0.25, -0.2) is 4.98 Å². The number of H-pyrrole nitrogens is 1. The molecule has 78 valence electrons. The topological polar surface area (TPSA) is 45.8 Å². The number of aromatic amines is 1. The van der Waals surface area contributed by atoms with Crippen LogP contribution in [0.3, 0.4) is 0 Å². The average Bonchev–Trinajstić information content (AvgIpc) is 2.16. The second kappa shape index (κ2) is 3.83. The van der Waals surface area contributed by atoms with Gasteiger partial charge in [0.15, 0.2) is 0 Å². The molecule has 0 spiro atoms.